The summed E-state index contributed by atoms with van der Waals surface area (Å²) in [4.78, 5) is 13.9. The zero-order chi connectivity index (χ0) is 16.8. The van der Waals surface area contributed by atoms with Crippen molar-refractivity contribution in [2.45, 2.75) is 39.3 Å². The highest BCUT2D eigenvalue weighted by Crippen LogP contribution is 2.15. The molecule has 1 aromatic carbocycles. The van der Waals surface area contributed by atoms with Gasteiger partial charge in [-0.2, -0.15) is 0 Å². The van der Waals surface area contributed by atoms with Gasteiger partial charge < -0.3 is 20.6 Å². The van der Waals surface area contributed by atoms with Gasteiger partial charge in [0.1, 0.15) is 0 Å². The van der Waals surface area contributed by atoms with Crippen LogP contribution in [0.1, 0.15) is 27.7 Å². The van der Waals surface area contributed by atoms with E-state index < -0.39 is 5.60 Å². The number of anilines is 1. The Labute approximate surface area is 133 Å². The first kappa shape index (κ1) is 18.3. The van der Waals surface area contributed by atoms with E-state index in [9.17, 15) is 9.90 Å². The Bertz CT molecular complexity index is 460. The minimum atomic E-state index is -0.899. The first-order chi connectivity index (χ1) is 10.2. The second-order valence-electron chi connectivity index (χ2n) is 6.37. The van der Waals surface area contributed by atoms with E-state index in [4.69, 9.17) is 0 Å². The summed E-state index contributed by atoms with van der Waals surface area (Å²) in [6, 6.07) is 9.95. The van der Waals surface area contributed by atoms with E-state index in [0.29, 0.717) is 6.54 Å². The average molecular weight is 307 g/mol. The van der Waals surface area contributed by atoms with Crippen LogP contribution in [-0.2, 0) is 0 Å². The molecule has 0 aliphatic carbocycles. The molecule has 3 N–H and O–H groups in total. The predicted octanol–water partition coefficient (Wildman–Crippen LogP) is 2.22. The second kappa shape index (κ2) is 8.03. The van der Waals surface area contributed by atoms with Gasteiger partial charge in [0.2, 0.25) is 0 Å². The largest absolute Gasteiger partial charge is 0.388 e. The van der Waals surface area contributed by atoms with Crippen LogP contribution < -0.4 is 15.5 Å². The van der Waals surface area contributed by atoms with Gasteiger partial charge in [0, 0.05) is 31.9 Å². The number of nitrogens with zero attached hydrogens (tertiary/aromatic N) is 1. The van der Waals surface area contributed by atoms with Crippen LogP contribution in [0.5, 0.6) is 0 Å². The number of amides is 2. The fourth-order valence-electron chi connectivity index (χ4n) is 1.82. The molecule has 5 nitrogen and oxygen atoms in total. The van der Waals surface area contributed by atoms with Crippen molar-refractivity contribution in [2.24, 2.45) is 5.92 Å². The molecule has 0 saturated carbocycles. The van der Waals surface area contributed by atoms with E-state index in [0.717, 1.165) is 5.69 Å². The Morgan fingerprint density at radius 1 is 1.23 bits per heavy atom. The Kier molecular flexibility index (Phi) is 6.68. The number of nitrogens with one attached hydrogen (secondary N) is 2. The highest BCUT2D eigenvalue weighted by Gasteiger charge is 2.25. The molecule has 0 fully saturated rings. The van der Waals surface area contributed by atoms with Gasteiger partial charge in [-0.05, 0) is 31.9 Å². The highest BCUT2D eigenvalue weighted by molar-refractivity contribution is 5.74. The number of likely N-dealkylation sites (N-methyl/N-ethyl adjacent to an activating group) is 1. The molecule has 0 aliphatic heterocycles. The third-order valence-electron chi connectivity index (χ3n) is 4.23. The zero-order valence-electron chi connectivity index (χ0n) is 14.3. The van der Waals surface area contributed by atoms with Gasteiger partial charge in [0.15, 0.2) is 0 Å². The van der Waals surface area contributed by atoms with Gasteiger partial charge in [0.05, 0.1) is 5.60 Å². The maximum absolute atomic E-state index is 11.8. The van der Waals surface area contributed by atoms with Crippen LogP contribution in [0, 0.1) is 5.92 Å². The number of benzene rings is 1. The SMILES string of the molecule is CC(CNC(=O)NCC(C)(O)C(C)C)N(C)c1ccccc1. The Balaban J connectivity index is 2.38. The Morgan fingerprint density at radius 2 is 1.82 bits per heavy atom. The van der Waals surface area contributed by atoms with Crippen LogP contribution in [0.3, 0.4) is 0 Å². The predicted molar refractivity (Wildman–Crippen MR) is 91.2 cm³/mol. The fourth-order valence-corrected chi connectivity index (χ4v) is 1.82. The van der Waals surface area contributed by atoms with Crippen LogP contribution in [0.2, 0.25) is 0 Å². The highest BCUT2D eigenvalue weighted by atomic mass is 16.3. The van der Waals surface area contributed by atoms with Crippen LogP contribution in [0.4, 0.5) is 10.5 Å². The number of para-hydroxylation sites is 1. The summed E-state index contributed by atoms with van der Waals surface area (Å²) in [5, 5.41) is 15.7. The molecule has 5 heteroatoms. The first-order valence-electron chi connectivity index (χ1n) is 7.76. The quantitative estimate of drug-likeness (QED) is 0.724. The maximum Gasteiger partial charge on any atom is 0.314 e. The van der Waals surface area contributed by atoms with Gasteiger partial charge in [0.25, 0.3) is 0 Å². The van der Waals surface area contributed by atoms with Crippen molar-refractivity contribution in [3.8, 4) is 0 Å². The molecule has 0 heterocycles. The van der Waals surface area contributed by atoms with Crippen LogP contribution >= 0.6 is 0 Å². The summed E-state index contributed by atoms with van der Waals surface area (Å²) in [6.07, 6.45) is 0. The van der Waals surface area contributed by atoms with Crippen molar-refractivity contribution in [1.82, 2.24) is 10.6 Å². The van der Waals surface area contributed by atoms with E-state index in [1.807, 2.05) is 51.2 Å². The van der Waals surface area contributed by atoms with Crippen LogP contribution in [-0.4, -0.2) is 42.9 Å². The van der Waals surface area contributed by atoms with Gasteiger partial charge in [-0.1, -0.05) is 32.0 Å². The lowest BCUT2D eigenvalue weighted by Gasteiger charge is -2.29. The molecule has 22 heavy (non-hydrogen) atoms. The van der Waals surface area contributed by atoms with E-state index >= 15 is 0 Å². The van der Waals surface area contributed by atoms with Gasteiger partial charge in [-0.25, -0.2) is 4.79 Å². The number of urea groups is 1. The topological polar surface area (TPSA) is 64.6 Å². The van der Waals surface area contributed by atoms with Crippen LogP contribution in [0.15, 0.2) is 30.3 Å². The van der Waals surface area contributed by atoms with Crippen molar-refractivity contribution in [3.05, 3.63) is 30.3 Å². The molecule has 124 valence electrons. The molecule has 0 spiro atoms. The molecule has 0 bridgehead atoms. The number of carbonyl (C=O) groups is 1. The van der Waals surface area contributed by atoms with Crippen LogP contribution in [0.25, 0.3) is 0 Å². The molecule has 1 aromatic rings. The van der Waals surface area contributed by atoms with Crippen molar-refractivity contribution < 1.29 is 9.90 Å². The molecule has 0 radical (unpaired) electrons. The van der Waals surface area contributed by atoms with Crippen molar-refractivity contribution >= 4 is 11.7 Å². The number of aliphatic hydroxyl groups is 1. The monoisotopic (exact) mass is 307 g/mol. The molecule has 0 aromatic heterocycles. The van der Waals surface area contributed by atoms with Gasteiger partial charge in [-0.15, -0.1) is 0 Å². The van der Waals surface area contributed by atoms with Crippen molar-refractivity contribution in [1.29, 1.82) is 0 Å². The van der Waals surface area contributed by atoms with Crippen molar-refractivity contribution in [3.63, 3.8) is 0 Å². The second-order valence-corrected chi connectivity index (χ2v) is 6.37. The maximum atomic E-state index is 11.8. The summed E-state index contributed by atoms with van der Waals surface area (Å²) in [6.45, 7) is 8.40. The zero-order valence-corrected chi connectivity index (χ0v) is 14.3. The minimum Gasteiger partial charge on any atom is -0.388 e. The van der Waals surface area contributed by atoms with E-state index in [1.54, 1.807) is 6.92 Å². The molecule has 2 atom stereocenters. The summed E-state index contributed by atoms with van der Waals surface area (Å²) >= 11 is 0. The number of rotatable bonds is 7. The first-order valence-corrected chi connectivity index (χ1v) is 7.76. The fraction of sp³-hybridized carbons (Fsp3) is 0.588. The summed E-state index contributed by atoms with van der Waals surface area (Å²) in [7, 11) is 2.00. The summed E-state index contributed by atoms with van der Waals surface area (Å²) in [5.74, 6) is 0.0796. The van der Waals surface area contributed by atoms with E-state index in [1.165, 1.54) is 0 Å². The lowest BCUT2D eigenvalue weighted by molar-refractivity contribution is 0.0166. The molecular formula is C17H29N3O2. The lowest BCUT2D eigenvalue weighted by Crippen LogP contribution is -2.49. The van der Waals surface area contributed by atoms with Gasteiger partial charge >= 0.3 is 6.03 Å². The molecule has 2 amide bonds. The number of carbonyl (C=O) groups excluding carboxylic acids is 1. The smallest absolute Gasteiger partial charge is 0.314 e. The third kappa shape index (κ3) is 5.56. The van der Waals surface area contributed by atoms with Crippen molar-refractivity contribution in [2.75, 3.05) is 25.0 Å². The van der Waals surface area contributed by atoms with E-state index in [-0.39, 0.29) is 24.5 Å². The molecule has 0 saturated heterocycles. The normalized spacial score (nSPS) is 15.0. The number of hydrogen-bond donors (Lipinski definition) is 3. The number of hydrogen-bond acceptors (Lipinski definition) is 3. The Morgan fingerprint density at radius 3 is 2.36 bits per heavy atom. The molecule has 2 unspecified atom stereocenters. The standard InChI is InChI=1S/C17H29N3O2/c1-13(2)17(4,22)12-19-16(21)18-11-14(3)20(5)15-9-7-6-8-10-15/h6-10,13-14,22H,11-12H2,1-5H3,(H2,18,19,21). The minimum absolute atomic E-state index is 0.0796. The summed E-state index contributed by atoms with van der Waals surface area (Å²) in [5.41, 5.74) is 0.212. The van der Waals surface area contributed by atoms with E-state index in [2.05, 4.69) is 22.5 Å². The lowest BCUT2D eigenvalue weighted by atomic mass is 9.93. The third-order valence-corrected chi connectivity index (χ3v) is 4.23. The molecular weight excluding hydrogens is 278 g/mol. The summed E-state index contributed by atoms with van der Waals surface area (Å²) < 4.78 is 0. The molecule has 0 aliphatic rings. The average Bonchev–Trinajstić information content (AvgIpc) is 2.50. The molecule has 1 rings (SSSR count). The van der Waals surface area contributed by atoms with Gasteiger partial charge in [-0.3, -0.25) is 0 Å². The Hall–Kier alpha value is -1.75.